The number of carbonyl (C=O) groups excluding carboxylic acids is 1. The van der Waals surface area contributed by atoms with Crippen molar-refractivity contribution in [3.8, 4) is 5.75 Å². The minimum absolute atomic E-state index is 0.170. The number of piperazine rings is 1. The number of nitrogens with zero attached hydrogens (tertiary/aromatic N) is 2. The molecule has 0 bridgehead atoms. The number of fused-ring (bicyclic) bond motifs is 1. The Morgan fingerprint density at radius 1 is 1.06 bits per heavy atom. The van der Waals surface area contributed by atoms with E-state index < -0.39 is 10.0 Å². The van der Waals surface area contributed by atoms with Crippen LogP contribution in [0.15, 0.2) is 41.3 Å². The lowest BCUT2D eigenvalue weighted by Gasteiger charge is -2.33. The van der Waals surface area contributed by atoms with Crippen molar-refractivity contribution in [2.45, 2.75) is 24.2 Å². The number of anilines is 1. The third-order valence-electron chi connectivity index (χ3n) is 5.84. The average Bonchev–Trinajstić information content (AvgIpc) is 3.22. The number of hydrogen-bond donors (Lipinski definition) is 1. The van der Waals surface area contributed by atoms with Crippen LogP contribution in [0.2, 0.25) is 5.02 Å². The first-order valence-corrected chi connectivity index (χ1v) is 12.2. The first-order chi connectivity index (χ1) is 14.9. The lowest BCUT2D eigenvalue weighted by atomic mass is 10.1. The summed E-state index contributed by atoms with van der Waals surface area (Å²) in [6.07, 6.45) is 3.06. The second-order valence-electron chi connectivity index (χ2n) is 7.86. The third kappa shape index (κ3) is 4.87. The van der Waals surface area contributed by atoms with Gasteiger partial charge in [0.15, 0.2) is 0 Å². The van der Waals surface area contributed by atoms with Crippen molar-refractivity contribution in [3.05, 3.63) is 52.5 Å². The van der Waals surface area contributed by atoms with Crippen LogP contribution in [-0.2, 0) is 27.7 Å². The van der Waals surface area contributed by atoms with Gasteiger partial charge in [-0.2, -0.15) is 4.31 Å². The van der Waals surface area contributed by atoms with Gasteiger partial charge in [0.05, 0.1) is 23.6 Å². The van der Waals surface area contributed by atoms with Crippen molar-refractivity contribution >= 4 is 33.2 Å². The molecule has 9 heteroatoms. The van der Waals surface area contributed by atoms with E-state index >= 15 is 0 Å². The molecule has 0 atom stereocenters. The molecule has 4 rings (SSSR count). The van der Waals surface area contributed by atoms with Crippen molar-refractivity contribution in [1.29, 1.82) is 0 Å². The van der Waals surface area contributed by atoms with E-state index in [1.807, 2.05) is 17.0 Å². The molecule has 1 amide bonds. The van der Waals surface area contributed by atoms with Crippen molar-refractivity contribution in [2.24, 2.45) is 0 Å². The molecule has 0 radical (unpaired) electrons. The van der Waals surface area contributed by atoms with Crippen LogP contribution in [0.4, 0.5) is 5.69 Å². The Hall–Kier alpha value is -2.13. The van der Waals surface area contributed by atoms with E-state index in [0.29, 0.717) is 47.5 Å². The number of ether oxygens (including phenoxy) is 1. The zero-order valence-electron chi connectivity index (χ0n) is 17.4. The smallest absolute Gasteiger partial charge is 0.243 e. The van der Waals surface area contributed by atoms with Crippen LogP contribution in [-0.4, -0.2) is 63.4 Å². The second kappa shape index (κ2) is 9.16. The Morgan fingerprint density at radius 3 is 2.52 bits per heavy atom. The molecule has 7 nitrogen and oxygen atoms in total. The zero-order chi connectivity index (χ0) is 22.0. The number of carbonyl (C=O) groups is 1. The van der Waals surface area contributed by atoms with E-state index in [1.165, 1.54) is 17.0 Å². The molecule has 1 N–H and O–H groups in total. The van der Waals surface area contributed by atoms with Gasteiger partial charge >= 0.3 is 0 Å². The largest absolute Gasteiger partial charge is 0.495 e. The molecule has 166 valence electrons. The molecule has 1 saturated heterocycles. The quantitative estimate of drug-likeness (QED) is 0.712. The Morgan fingerprint density at radius 2 is 1.81 bits per heavy atom. The molecular weight excluding hydrogens is 438 g/mol. The maximum absolute atomic E-state index is 13.0. The van der Waals surface area contributed by atoms with E-state index in [-0.39, 0.29) is 12.5 Å². The molecule has 0 saturated carbocycles. The lowest BCUT2D eigenvalue weighted by molar-refractivity contribution is -0.117. The van der Waals surface area contributed by atoms with Gasteiger partial charge in [-0.1, -0.05) is 17.7 Å². The van der Waals surface area contributed by atoms with Crippen LogP contribution < -0.4 is 10.1 Å². The maximum Gasteiger partial charge on any atom is 0.243 e. The summed E-state index contributed by atoms with van der Waals surface area (Å²) in [5, 5.41) is 3.24. The first-order valence-electron chi connectivity index (χ1n) is 10.3. The maximum atomic E-state index is 13.0. The standard InChI is InChI=1S/C22H26ClN3O4S/c1-30-21-8-6-18(14-20(21)23)24-22(27)15-25-9-11-26(12-10-25)31(28,29)19-7-5-16-3-2-4-17(16)13-19/h5-8,13-14H,2-4,9-12,15H2,1H3,(H,24,27). The van der Waals surface area contributed by atoms with Crippen LogP contribution >= 0.6 is 11.6 Å². The van der Waals surface area contributed by atoms with Crippen LogP contribution in [0, 0.1) is 0 Å². The number of benzene rings is 2. The highest BCUT2D eigenvalue weighted by Crippen LogP contribution is 2.28. The van der Waals surface area contributed by atoms with Crippen molar-refractivity contribution in [1.82, 2.24) is 9.21 Å². The SMILES string of the molecule is COc1ccc(NC(=O)CN2CCN(S(=O)(=O)c3ccc4c(c3)CCC4)CC2)cc1Cl. The predicted octanol–water partition coefficient (Wildman–Crippen LogP) is 2.78. The molecule has 1 aliphatic heterocycles. The zero-order valence-corrected chi connectivity index (χ0v) is 19.0. The van der Waals surface area contributed by atoms with Gasteiger partial charge < -0.3 is 10.1 Å². The van der Waals surface area contributed by atoms with Crippen LogP contribution in [0.3, 0.4) is 0 Å². The Kier molecular flexibility index (Phi) is 6.52. The van der Waals surface area contributed by atoms with Gasteiger partial charge in [0.2, 0.25) is 15.9 Å². The molecule has 1 heterocycles. The summed E-state index contributed by atoms with van der Waals surface area (Å²) in [7, 11) is -1.98. The summed E-state index contributed by atoms with van der Waals surface area (Å²) in [5.41, 5.74) is 3.00. The van der Waals surface area contributed by atoms with Crippen LogP contribution in [0.1, 0.15) is 17.5 Å². The molecule has 0 aromatic heterocycles. The van der Waals surface area contributed by atoms with Gasteiger partial charge in [-0.25, -0.2) is 8.42 Å². The van der Waals surface area contributed by atoms with E-state index in [4.69, 9.17) is 16.3 Å². The molecule has 0 spiro atoms. The summed E-state index contributed by atoms with van der Waals surface area (Å²) >= 11 is 6.10. The number of sulfonamides is 1. The van der Waals surface area contributed by atoms with Gasteiger partial charge in [0.1, 0.15) is 5.75 Å². The van der Waals surface area contributed by atoms with Gasteiger partial charge in [-0.3, -0.25) is 9.69 Å². The lowest BCUT2D eigenvalue weighted by Crippen LogP contribution is -2.50. The summed E-state index contributed by atoms with van der Waals surface area (Å²) in [6.45, 7) is 1.92. The number of methoxy groups -OCH3 is 1. The number of rotatable bonds is 6. The molecule has 2 aromatic rings. The normalized spacial score (nSPS) is 17.4. The molecule has 31 heavy (non-hydrogen) atoms. The fourth-order valence-corrected chi connectivity index (χ4v) is 5.86. The van der Waals surface area contributed by atoms with Gasteiger partial charge in [-0.05, 0) is 60.7 Å². The highest BCUT2D eigenvalue weighted by Gasteiger charge is 2.30. The second-order valence-corrected chi connectivity index (χ2v) is 10.2. The predicted molar refractivity (Wildman–Crippen MR) is 120 cm³/mol. The highest BCUT2D eigenvalue weighted by atomic mass is 35.5. The molecule has 2 aliphatic rings. The first kappa shape index (κ1) is 22.1. The minimum Gasteiger partial charge on any atom is -0.495 e. The van der Waals surface area contributed by atoms with Crippen LogP contribution in [0.5, 0.6) is 5.75 Å². The summed E-state index contributed by atoms with van der Waals surface area (Å²) < 4.78 is 32.7. The molecule has 2 aromatic carbocycles. The number of amides is 1. The number of halogens is 1. The summed E-state index contributed by atoms with van der Waals surface area (Å²) in [4.78, 5) is 14.7. The Balaban J connectivity index is 1.32. The van der Waals surface area contributed by atoms with Gasteiger partial charge in [0, 0.05) is 31.9 Å². The Labute approximate surface area is 188 Å². The van der Waals surface area contributed by atoms with Crippen molar-refractivity contribution < 1.29 is 17.9 Å². The van der Waals surface area contributed by atoms with E-state index in [1.54, 1.807) is 24.3 Å². The fourth-order valence-electron chi connectivity index (χ4n) is 4.13. The molecule has 0 unspecified atom stereocenters. The average molecular weight is 464 g/mol. The molecule has 1 aliphatic carbocycles. The summed E-state index contributed by atoms with van der Waals surface area (Å²) in [5.74, 6) is 0.372. The Bertz CT molecular complexity index is 1080. The summed E-state index contributed by atoms with van der Waals surface area (Å²) in [6, 6.07) is 10.6. The van der Waals surface area contributed by atoms with Crippen LogP contribution in [0.25, 0.3) is 0 Å². The number of nitrogens with one attached hydrogen (secondary N) is 1. The van der Waals surface area contributed by atoms with E-state index in [0.717, 1.165) is 24.8 Å². The fraction of sp³-hybridized carbons (Fsp3) is 0.409. The van der Waals surface area contributed by atoms with E-state index in [2.05, 4.69) is 5.32 Å². The highest BCUT2D eigenvalue weighted by molar-refractivity contribution is 7.89. The van der Waals surface area contributed by atoms with Crippen molar-refractivity contribution in [3.63, 3.8) is 0 Å². The van der Waals surface area contributed by atoms with E-state index in [9.17, 15) is 13.2 Å². The topological polar surface area (TPSA) is 79.0 Å². The van der Waals surface area contributed by atoms with Gasteiger partial charge in [0.25, 0.3) is 0 Å². The number of aryl methyl sites for hydroxylation is 2. The number of hydrogen-bond acceptors (Lipinski definition) is 5. The molecular formula is C22H26ClN3O4S. The minimum atomic E-state index is -3.52. The van der Waals surface area contributed by atoms with Gasteiger partial charge in [-0.15, -0.1) is 0 Å². The third-order valence-corrected chi connectivity index (χ3v) is 8.03. The van der Waals surface area contributed by atoms with Crippen molar-refractivity contribution in [2.75, 3.05) is 45.2 Å². The monoisotopic (exact) mass is 463 g/mol. The molecule has 1 fully saturated rings.